The van der Waals surface area contributed by atoms with Crippen LogP contribution in [0.5, 0.6) is 5.75 Å². The Morgan fingerprint density at radius 3 is 2.30 bits per heavy atom. The minimum absolute atomic E-state index is 0.255. The number of anilines is 1. The highest BCUT2D eigenvalue weighted by molar-refractivity contribution is 5.73. The van der Waals surface area contributed by atoms with Gasteiger partial charge in [-0.2, -0.15) is 0 Å². The lowest BCUT2D eigenvalue weighted by molar-refractivity contribution is -0.118. The van der Waals surface area contributed by atoms with Crippen molar-refractivity contribution in [2.45, 2.75) is 38.1 Å². The highest BCUT2D eigenvalue weighted by Gasteiger charge is 2.41. The molecule has 0 spiro atoms. The van der Waals surface area contributed by atoms with Gasteiger partial charge in [0.15, 0.2) is 0 Å². The molecule has 2 fully saturated rings. The molecule has 3 N–H and O–H groups in total. The molecule has 4 heteroatoms. The standard InChI is InChI=1S/C16H22N2O2/c17-15(19)9-10-20-14-7-5-13(6-8-14)18-16(11-1-2-11)12-3-4-12/h5-8,11-12,16,18H,1-4,9-10H2,(H2,17,19). The number of primary amides is 1. The predicted molar refractivity (Wildman–Crippen MR) is 78.6 cm³/mol. The van der Waals surface area contributed by atoms with Crippen LogP contribution in [0.1, 0.15) is 32.1 Å². The number of carbonyl (C=O) groups excluding carboxylic acids is 1. The summed E-state index contributed by atoms with van der Waals surface area (Å²) in [6, 6.07) is 8.66. The van der Waals surface area contributed by atoms with Crippen LogP contribution in [0.3, 0.4) is 0 Å². The highest BCUT2D eigenvalue weighted by Crippen LogP contribution is 2.45. The lowest BCUT2D eigenvalue weighted by atomic mass is 10.1. The fourth-order valence-corrected chi connectivity index (χ4v) is 2.64. The molecule has 2 aliphatic carbocycles. The molecule has 108 valence electrons. The van der Waals surface area contributed by atoms with E-state index in [0.717, 1.165) is 23.3 Å². The van der Waals surface area contributed by atoms with E-state index < -0.39 is 0 Å². The van der Waals surface area contributed by atoms with Gasteiger partial charge in [0.05, 0.1) is 13.0 Å². The van der Waals surface area contributed by atoms with E-state index in [1.54, 1.807) is 0 Å². The number of benzene rings is 1. The van der Waals surface area contributed by atoms with Crippen LogP contribution in [-0.4, -0.2) is 18.6 Å². The molecule has 0 atom stereocenters. The van der Waals surface area contributed by atoms with Crippen LogP contribution < -0.4 is 15.8 Å². The third kappa shape index (κ3) is 3.65. The summed E-state index contributed by atoms with van der Waals surface area (Å²) < 4.78 is 5.47. The topological polar surface area (TPSA) is 64.4 Å². The van der Waals surface area contributed by atoms with Crippen LogP contribution in [0, 0.1) is 11.8 Å². The molecule has 0 aromatic heterocycles. The van der Waals surface area contributed by atoms with Gasteiger partial charge in [-0.25, -0.2) is 0 Å². The fourth-order valence-electron chi connectivity index (χ4n) is 2.64. The summed E-state index contributed by atoms with van der Waals surface area (Å²) in [5.41, 5.74) is 6.24. The van der Waals surface area contributed by atoms with Crippen LogP contribution in [0.25, 0.3) is 0 Å². The van der Waals surface area contributed by atoms with Crippen molar-refractivity contribution in [3.63, 3.8) is 0 Å². The normalized spacial score (nSPS) is 18.1. The molecule has 2 aliphatic rings. The molecule has 2 saturated carbocycles. The zero-order chi connectivity index (χ0) is 13.9. The van der Waals surface area contributed by atoms with Gasteiger partial charge in [0.2, 0.25) is 5.91 Å². The van der Waals surface area contributed by atoms with Crippen molar-refractivity contribution in [2.75, 3.05) is 11.9 Å². The molecule has 0 unspecified atom stereocenters. The van der Waals surface area contributed by atoms with Gasteiger partial charge in [-0.05, 0) is 61.8 Å². The van der Waals surface area contributed by atoms with Crippen LogP contribution in [0.4, 0.5) is 5.69 Å². The first kappa shape index (κ1) is 13.3. The lowest BCUT2D eigenvalue weighted by Gasteiger charge is -2.19. The minimum Gasteiger partial charge on any atom is -0.493 e. The number of rotatable bonds is 8. The van der Waals surface area contributed by atoms with Crippen LogP contribution in [-0.2, 0) is 4.79 Å². The van der Waals surface area contributed by atoms with E-state index in [2.05, 4.69) is 17.4 Å². The summed E-state index contributed by atoms with van der Waals surface area (Å²) in [5.74, 6) is 2.22. The lowest BCUT2D eigenvalue weighted by Crippen LogP contribution is -2.24. The third-order valence-corrected chi connectivity index (χ3v) is 4.06. The average molecular weight is 274 g/mol. The Balaban J connectivity index is 1.51. The summed E-state index contributed by atoms with van der Waals surface area (Å²) in [5, 5.41) is 3.67. The smallest absolute Gasteiger partial charge is 0.220 e. The maximum absolute atomic E-state index is 10.6. The molecule has 0 aliphatic heterocycles. The van der Waals surface area contributed by atoms with E-state index in [-0.39, 0.29) is 12.3 Å². The maximum Gasteiger partial charge on any atom is 0.220 e. The molecular formula is C16H22N2O2. The second kappa shape index (κ2) is 5.73. The van der Waals surface area contributed by atoms with Crippen molar-refractivity contribution >= 4 is 11.6 Å². The summed E-state index contributed by atoms with van der Waals surface area (Å²) >= 11 is 0. The predicted octanol–water partition coefficient (Wildman–Crippen LogP) is 2.54. The van der Waals surface area contributed by atoms with E-state index in [4.69, 9.17) is 10.5 Å². The maximum atomic E-state index is 10.6. The zero-order valence-electron chi connectivity index (χ0n) is 11.7. The number of nitrogens with two attached hydrogens (primary N) is 1. The number of nitrogens with one attached hydrogen (secondary N) is 1. The Morgan fingerprint density at radius 2 is 1.80 bits per heavy atom. The van der Waals surface area contributed by atoms with Crippen molar-refractivity contribution in [3.05, 3.63) is 24.3 Å². The van der Waals surface area contributed by atoms with Gasteiger partial charge >= 0.3 is 0 Å². The van der Waals surface area contributed by atoms with Crippen LogP contribution in [0.15, 0.2) is 24.3 Å². The Kier molecular flexibility index (Phi) is 3.81. The minimum atomic E-state index is -0.333. The Labute approximate surface area is 119 Å². The van der Waals surface area contributed by atoms with Crippen molar-refractivity contribution in [3.8, 4) is 5.75 Å². The van der Waals surface area contributed by atoms with E-state index in [9.17, 15) is 4.79 Å². The summed E-state index contributed by atoms with van der Waals surface area (Å²) in [4.78, 5) is 10.6. The Hall–Kier alpha value is -1.71. The number of carbonyl (C=O) groups is 1. The van der Waals surface area contributed by atoms with Crippen LogP contribution in [0.2, 0.25) is 0 Å². The second-order valence-corrected chi connectivity index (χ2v) is 5.93. The summed E-state index contributed by atoms with van der Waals surface area (Å²) in [6.45, 7) is 0.342. The summed E-state index contributed by atoms with van der Waals surface area (Å²) in [7, 11) is 0. The Morgan fingerprint density at radius 1 is 1.20 bits per heavy atom. The van der Waals surface area contributed by atoms with Gasteiger partial charge in [-0.3, -0.25) is 4.79 Å². The first-order chi connectivity index (χ1) is 9.72. The number of hydrogen-bond acceptors (Lipinski definition) is 3. The molecule has 0 bridgehead atoms. The van der Waals surface area contributed by atoms with Gasteiger partial charge in [-0.1, -0.05) is 0 Å². The van der Waals surface area contributed by atoms with Gasteiger partial charge in [0, 0.05) is 11.7 Å². The monoisotopic (exact) mass is 274 g/mol. The SMILES string of the molecule is NC(=O)CCOc1ccc(NC(C2CC2)C2CC2)cc1. The third-order valence-electron chi connectivity index (χ3n) is 4.06. The number of amides is 1. The first-order valence-corrected chi connectivity index (χ1v) is 7.50. The van der Waals surface area contributed by atoms with E-state index in [1.807, 2.05) is 12.1 Å². The molecule has 20 heavy (non-hydrogen) atoms. The molecule has 3 rings (SSSR count). The molecule has 1 amide bonds. The zero-order valence-corrected chi connectivity index (χ0v) is 11.7. The first-order valence-electron chi connectivity index (χ1n) is 7.50. The molecular weight excluding hydrogens is 252 g/mol. The van der Waals surface area contributed by atoms with E-state index in [0.29, 0.717) is 12.6 Å². The van der Waals surface area contributed by atoms with Crippen molar-refractivity contribution in [1.29, 1.82) is 0 Å². The molecule has 1 aromatic carbocycles. The van der Waals surface area contributed by atoms with Gasteiger partial charge < -0.3 is 15.8 Å². The highest BCUT2D eigenvalue weighted by atomic mass is 16.5. The van der Waals surface area contributed by atoms with Gasteiger partial charge in [0.1, 0.15) is 5.75 Å². The number of ether oxygens (including phenoxy) is 1. The van der Waals surface area contributed by atoms with Crippen molar-refractivity contribution in [1.82, 2.24) is 0 Å². The number of hydrogen-bond donors (Lipinski definition) is 2. The summed E-state index contributed by atoms with van der Waals surface area (Å²) in [6.07, 6.45) is 5.77. The molecule has 0 saturated heterocycles. The van der Waals surface area contributed by atoms with E-state index in [1.165, 1.54) is 25.7 Å². The van der Waals surface area contributed by atoms with Crippen LogP contribution >= 0.6 is 0 Å². The largest absolute Gasteiger partial charge is 0.493 e. The Bertz CT molecular complexity index is 452. The molecule has 4 nitrogen and oxygen atoms in total. The fraction of sp³-hybridized carbons (Fsp3) is 0.562. The second-order valence-electron chi connectivity index (χ2n) is 5.93. The van der Waals surface area contributed by atoms with Crippen molar-refractivity contribution in [2.24, 2.45) is 17.6 Å². The molecule has 1 aromatic rings. The average Bonchev–Trinajstić information content (AvgIpc) is 3.29. The van der Waals surface area contributed by atoms with Crippen molar-refractivity contribution < 1.29 is 9.53 Å². The van der Waals surface area contributed by atoms with E-state index >= 15 is 0 Å². The molecule has 0 heterocycles. The quantitative estimate of drug-likeness (QED) is 0.765. The molecule has 0 radical (unpaired) electrons. The van der Waals surface area contributed by atoms with Gasteiger partial charge in [-0.15, -0.1) is 0 Å². The van der Waals surface area contributed by atoms with Gasteiger partial charge in [0.25, 0.3) is 0 Å².